The molecule has 2 aromatic heterocycles. The van der Waals surface area contributed by atoms with Crippen molar-refractivity contribution < 1.29 is 0 Å². The van der Waals surface area contributed by atoms with Crippen LogP contribution in [0.1, 0.15) is 11.3 Å². The van der Waals surface area contributed by atoms with Gasteiger partial charge in [0, 0.05) is 16.8 Å². The highest BCUT2D eigenvalue weighted by Gasteiger charge is 2.10. The van der Waals surface area contributed by atoms with E-state index in [9.17, 15) is 0 Å². The van der Waals surface area contributed by atoms with Crippen molar-refractivity contribution in [1.82, 2.24) is 25.2 Å². The van der Waals surface area contributed by atoms with Crippen molar-refractivity contribution in [2.24, 2.45) is 5.73 Å². The Morgan fingerprint density at radius 2 is 1.95 bits per heavy atom. The Bertz CT molecular complexity index is 792. The summed E-state index contributed by atoms with van der Waals surface area (Å²) in [5, 5.41) is 19.9. The second kappa shape index (κ2) is 5.12. The number of nitrogens with one attached hydrogen (secondary N) is 1. The molecule has 0 amide bonds. The molecule has 3 rings (SSSR count). The molecule has 0 bridgehead atoms. The van der Waals surface area contributed by atoms with E-state index in [1.807, 2.05) is 37.3 Å². The fourth-order valence-corrected chi connectivity index (χ4v) is 1.92. The van der Waals surface area contributed by atoms with E-state index in [0.717, 1.165) is 11.3 Å². The normalized spacial score (nSPS) is 10.5. The summed E-state index contributed by atoms with van der Waals surface area (Å²) in [7, 11) is 0. The molecule has 0 saturated carbocycles. The summed E-state index contributed by atoms with van der Waals surface area (Å²) >= 11 is 0. The summed E-state index contributed by atoms with van der Waals surface area (Å²) in [5.74, 6) is 0.975. The largest absolute Gasteiger partial charge is 0.384 e. The number of rotatable bonds is 3. The molecule has 7 nitrogen and oxygen atoms in total. The van der Waals surface area contributed by atoms with Crippen LogP contribution in [-0.2, 0) is 0 Å². The van der Waals surface area contributed by atoms with Gasteiger partial charge in [-0.1, -0.05) is 30.3 Å². The lowest BCUT2D eigenvalue weighted by molar-refractivity contribution is 0.698. The number of pyridine rings is 1. The number of hydrogen-bond acceptors (Lipinski definition) is 5. The minimum atomic E-state index is -0.0230. The van der Waals surface area contributed by atoms with Crippen LogP contribution in [0.25, 0.3) is 17.2 Å². The number of nitrogens with two attached hydrogens (primary N) is 1. The zero-order valence-corrected chi connectivity index (χ0v) is 11.4. The molecule has 1 aromatic carbocycles. The fraction of sp³-hybridized carbons (Fsp3) is 0.0714. The molecule has 104 valence electrons. The predicted octanol–water partition coefficient (Wildman–Crippen LogP) is 1.32. The van der Waals surface area contributed by atoms with Crippen molar-refractivity contribution in [3.05, 3.63) is 53.7 Å². The summed E-state index contributed by atoms with van der Waals surface area (Å²) in [5.41, 5.74) is 7.71. The second-order valence-electron chi connectivity index (χ2n) is 4.54. The number of benzene rings is 1. The summed E-state index contributed by atoms with van der Waals surface area (Å²) in [6, 6.07) is 13.0. The van der Waals surface area contributed by atoms with Crippen LogP contribution in [0.2, 0.25) is 0 Å². The summed E-state index contributed by atoms with van der Waals surface area (Å²) in [6.45, 7) is 1.82. The number of aryl methyl sites for hydroxylation is 1. The lowest BCUT2D eigenvalue weighted by atomic mass is 10.2. The first-order chi connectivity index (χ1) is 10.1. The lowest BCUT2D eigenvalue weighted by Gasteiger charge is -2.03. The molecule has 3 N–H and O–H groups in total. The topological polar surface area (TPSA) is 106 Å². The molecule has 0 aliphatic heterocycles. The van der Waals surface area contributed by atoms with E-state index < -0.39 is 0 Å². The molecule has 0 atom stereocenters. The number of hydrogen-bond donors (Lipinski definition) is 2. The lowest BCUT2D eigenvalue weighted by Crippen LogP contribution is -2.13. The third kappa shape index (κ3) is 2.62. The van der Waals surface area contributed by atoms with Gasteiger partial charge in [0.05, 0.1) is 0 Å². The Morgan fingerprint density at radius 1 is 1.19 bits per heavy atom. The number of nitrogens with zero attached hydrogens (tertiary/aromatic N) is 5. The molecule has 0 aliphatic carbocycles. The van der Waals surface area contributed by atoms with Gasteiger partial charge in [-0.25, -0.2) is 4.98 Å². The maximum atomic E-state index is 7.52. The van der Waals surface area contributed by atoms with Gasteiger partial charge in [0.2, 0.25) is 5.82 Å². The van der Waals surface area contributed by atoms with Crippen LogP contribution >= 0.6 is 0 Å². The molecule has 7 heteroatoms. The molecule has 21 heavy (non-hydrogen) atoms. The van der Waals surface area contributed by atoms with Crippen LogP contribution in [0.5, 0.6) is 0 Å². The number of nitrogen functional groups attached to an aromatic ring is 1. The van der Waals surface area contributed by atoms with Crippen molar-refractivity contribution in [2.75, 3.05) is 0 Å². The van der Waals surface area contributed by atoms with Crippen LogP contribution in [0, 0.1) is 12.3 Å². The maximum Gasteiger partial charge on any atom is 0.205 e. The van der Waals surface area contributed by atoms with Crippen molar-refractivity contribution in [3.8, 4) is 17.2 Å². The summed E-state index contributed by atoms with van der Waals surface area (Å²) in [6.07, 6.45) is 0. The Hall–Kier alpha value is -3.09. The average molecular weight is 279 g/mol. The highest BCUT2D eigenvalue weighted by Crippen LogP contribution is 2.14. The highest BCUT2D eigenvalue weighted by molar-refractivity contribution is 5.95. The third-order valence-corrected chi connectivity index (χ3v) is 2.90. The van der Waals surface area contributed by atoms with Crippen molar-refractivity contribution in [3.63, 3.8) is 0 Å². The zero-order valence-electron chi connectivity index (χ0n) is 11.4. The van der Waals surface area contributed by atoms with Crippen LogP contribution in [0.4, 0.5) is 0 Å². The standard InChI is InChI=1S/C14H13N7/c1-9-7-11(13(15)16)8-12(17-9)21-19-14(18-20-21)10-5-3-2-4-6-10/h2-8H,1H3,(H3,15,16). The van der Waals surface area contributed by atoms with Gasteiger partial charge in [0.15, 0.2) is 5.82 Å². The van der Waals surface area contributed by atoms with E-state index in [1.165, 1.54) is 4.80 Å². The fourth-order valence-electron chi connectivity index (χ4n) is 1.92. The highest BCUT2D eigenvalue weighted by atomic mass is 15.6. The number of tetrazole rings is 1. The van der Waals surface area contributed by atoms with E-state index in [4.69, 9.17) is 11.1 Å². The molecular formula is C14H13N7. The molecule has 0 fully saturated rings. The maximum absolute atomic E-state index is 7.52. The average Bonchev–Trinajstić information content (AvgIpc) is 2.97. The van der Waals surface area contributed by atoms with Gasteiger partial charge in [0.25, 0.3) is 0 Å². The molecule has 0 unspecified atom stereocenters. The minimum Gasteiger partial charge on any atom is -0.384 e. The number of aromatic nitrogens is 5. The molecule has 0 radical (unpaired) electrons. The predicted molar refractivity (Wildman–Crippen MR) is 78.1 cm³/mol. The Morgan fingerprint density at radius 3 is 2.67 bits per heavy atom. The van der Waals surface area contributed by atoms with Gasteiger partial charge in [-0.2, -0.15) is 0 Å². The third-order valence-electron chi connectivity index (χ3n) is 2.90. The zero-order chi connectivity index (χ0) is 14.8. The molecular weight excluding hydrogens is 266 g/mol. The first-order valence-corrected chi connectivity index (χ1v) is 6.32. The molecule has 0 aliphatic rings. The van der Waals surface area contributed by atoms with E-state index >= 15 is 0 Å². The van der Waals surface area contributed by atoms with E-state index in [0.29, 0.717) is 17.2 Å². The smallest absolute Gasteiger partial charge is 0.205 e. The van der Waals surface area contributed by atoms with E-state index in [2.05, 4.69) is 20.4 Å². The first kappa shape index (κ1) is 12.9. The van der Waals surface area contributed by atoms with Gasteiger partial charge >= 0.3 is 0 Å². The van der Waals surface area contributed by atoms with Crippen molar-refractivity contribution >= 4 is 5.84 Å². The Kier molecular flexibility index (Phi) is 3.15. The molecule has 3 aromatic rings. The monoisotopic (exact) mass is 279 g/mol. The second-order valence-corrected chi connectivity index (χ2v) is 4.54. The first-order valence-electron chi connectivity index (χ1n) is 6.32. The van der Waals surface area contributed by atoms with E-state index in [1.54, 1.807) is 12.1 Å². The molecule has 0 spiro atoms. The van der Waals surface area contributed by atoms with Crippen LogP contribution in [-0.4, -0.2) is 31.0 Å². The molecule has 2 heterocycles. The molecule has 0 saturated heterocycles. The summed E-state index contributed by atoms with van der Waals surface area (Å²) in [4.78, 5) is 5.67. The van der Waals surface area contributed by atoms with E-state index in [-0.39, 0.29) is 5.84 Å². The van der Waals surface area contributed by atoms with Crippen molar-refractivity contribution in [2.45, 2.75) is 6.92 Å². The summed E-state index contributed by atoms with van der Waals surface area (Å²) < 4.78 is 0. The van der Waals surface area contributed by atoms with Gasteiger partial charge in [0.1, 0.15) is 5.84 Å². The minimum absolute atomic E-state index is 0.0230. The van der Waals surface area contributed by atoms with Crippen LogP contribution < -0.4 is 5.73 Å². The SMILES string of the molecule is Cc1cc(C(=N)N)cc(-n2nnc(-c3ccccc3)n2)n1. The number of amidine groups is 1. The Labute approximate surface area is 121 Å². The van der Waals surface area contributed by atoms with Crippen molar-refractivity contribution in [1.29, 1.82) is 5.41 Å². The van der Waals surface area contributed by atoms with Gasteiger partial charge < -0.3 is 5.73 Å². The van der Waals surface area contributed by atoms with Gasteiger partial charge in [-0.15, -0.1) is 15.0 Å². The Balaban J connectivity index is 2.02. The van der Waals surface area contributed by atoms with Gasteiger partial charge in [-0.05, 0) is 24.3 Å². The van der Waals surface area contributed by atoms with Crippen LogP contribution in [0.15, 0.2) is 42.5 Å². The van der Waals surface area contributed by atoms with Crippen LogP contribution in [0.3, 0.4) is 0 Å². The van der Waals surface area contributed by atoms with Gasteiger partial charge in [-0.3, -0.25) is 5.41 Å². The quantitative estimate of drug-likeness (QED) is 0.555.